The lowest BCUT2D eigenvalue weighted by atomic mass is 10.2. The first-order valence-corrected chi connectivity index (χ1v) is 6.16. The van der Waals surface area contributed by atoms with Crippen molar-refractivity contribution in [2.45, 2.75) is 32.2 Å². The van der Waals surface area contributed by atoms with E-state index < -0.39 is 0 Å². The van der Waals surface area contributed by atoms with Crippen molar-refractivity contribution in [3.8, 4) is 0 Å². The van der Waals surface area contributed by atoms with Crippen LogP contribution in [0.3, 0.4) is 0 Å². The van der Waals surface area contributed by atoms with Gasteiger partial charge in [0.05, 0.1) is 0 Å². The van der Waals surface area contributed by atoms with Crippen molar-refractivity contribution in [3.05, 3.63) is 29.6 Å². The molecular formula is C13H19N3O. The second-order valence-corrected chi connectivity index (χ2v) is 4.56. The summed E-state index contributed by atoms with van der Waals surface area (Å²) in [5, 5.41) is 0. The van der Waals surface area contributed by atoms with E-state index in [0.717, 1.165) is 37.1 Å². The molecular weight excluding hydrogens is 214 g/mol. The summed E-state index contributed by atoms with van der Waals surface area (Å²) in [5.74, 6) is 0.117. The topological polar surface area (TPSA) is 59.2 Å². The van der Waals surface area contributed by atoms with Crippen molar-refractivity contribution >= 4 is 5.91 Å². The lowest BCUT2D eigenvalue weighted by Gasteiger charge is -2.22. The molecule has 1 aliphatic rings. The van der Waals surface area contributed by atoms with Crippen molar-refractivity contribution in [2.24, 2.45) is 5.73 Å². The first-order chi connectivity index (χ1) is 8.22. The third-order valence-corrected chi connectivity index (χ3v) is 3.00. The molecule has 0 aliphatic heterocycles. The number of aromatic nitrogens is 1. The van der Waals surface area contributed by atoms with E-state index >= 15 is 0 Å². The first-order valence-electron chi connectivity index (χ1n) is 6.16. The van der Waals surface area contributed by atoms with E-state index in [2.05, 4.69) is 4.98 Å². The monoisotopic (exact) mass is 233 g/mol. The van der Waals surface area contributed by atoms with Crippen molar-refractivity contribution in [1.82, 2.24) is 9.88 Å². The van der Waals surface area contributed by atoms with Gasteiger partial charge in [0.2, 0.25) is 0 Å². The number of pyridine rings is 1. The molecule has 0 bridgehead atoms. The normalized spacial score (nSPS) is 14.7. The molecule has 1 heterocycles. The number of carbonyl (C=O) groups excluding carboxylic acids is 1. The Hall–Kier alpha value is -1.42. The van der Waals surface area contributed by atoms with Crippen LogP contribution in [-0.2, 0) is 0 Å². The fourth-order valence-electron chi connectivity index (χ4n) is 1.94. The molecule has 2 N–H and O–H groups in total. The van der Waals surface area contributed by atoms with E-state index in [1.54, 1.807) is 12.3 Å². The predicted molar refractivity (Wildman–Crippen MR) is 66.7 cm³/mol. The Morgan fingerprint density at radius 2 is 2.35 bits per heavy atom. The molecule has 2 rings (SSSR count). The molecule has 1 saturated carbocycles. The number of hydrogen-bond donors (Lipinski definition) is 1. The van der Waals surface area contributed by atoms with Gasteiger partial charge >= 0.3 is 0 Å². The molecule has 0 atom stereocenters. The summed E-state index contributed by atoms with van der Waals surface area (Å²) in [5.41, 5.74) is 7.13. The number of nitrogens with zero attached hydrogens (tertiary/aromatic N) is 2. The number of carbonyl (C=O) groups is 1. The molecule has 0 spiro atoms. The molecule has 0 aromatic carbocycles. The lowest BCUT2D eigenvalue weighted by molar-refractivity contribution is 0.0742. The molecule has 1 fully saturated rings. The van der Waals surface area contributed by atoms with Gasteiger partial charge in [0.25, 0.3) is 5.91 Å². The van der Waals surface area contributed by atoms with Crippen LogP contribution in [0.1, 0.15) is 35.3 Å². The Balaban J connectivity index is 2.10. The molecule has 17 heavy (non-hydrogen) atoms. The molecule has 0 saturated heterocycles. The fraction of sp³-hybridized carbons (Fsp3) is 0.538. The Bertz CT molecular complexity index is 401. The minimum atomic E-state index is 0.117. The molecule has 1 aromatic heterocycles. The van der Waals surface area contributed by atoms with Gasteiger partial charge in [-0.25, -0.2) is 0 Å². The average molecular weight is 233 g/mol. The van der Waals surface area contributed by atoms with E-state index in [-0.39, 0.29) is 5.91 Å². The van der Waals surface area contributed by atoms with Crippen LogP contribution in [0.2, 0.25) is 0 Å². The average Bonchev–Trinajstić information content (AvgIpc) is 3.14. The number of hydrogen-bond acceptors (Lipinski definition) is 3. The van der Waals surface area contributed by atoms with Gasteiger partial charge in [0.15, 0.2) is 0 Å². The predicted octanol–water partition coefficient (Wildman–Crippen LogP) is 1.34. The fourth-order valence-corrected chi connectivity index (χ4v) is 1.94. The van der Waals surface area contributed by atoms with Crippen LogP contribution in [0.4, 0.5) is 0 Å². The first kappa shape index (κ1) is 12.0. The van der Waals surface area contributed by atoms with Crippen LogP contribution in [-0.4, -0.2) is 34.9 Å². The molecule has 1 aliphatic carbocycles. The van der Waals surface area contributed by atoms with Crippen molar-refractivity contribution in [2.75, 3.05) is 13.1 Å². The summed E-state index contributed by atoms with van der Waals surface area (Å²) < 4.78 is 0. The summed E-state index contributed by atoms with van der Waals surface area (Å²) in [4.78, 5) is 18.4. The second kappa shape index (κ2) is 5.27. The minimum absolute atomic E-state index is 0.117. The Labute approximate surface area is 102 Å². The summed E-state index contributed by atoms with van der Waals surface area (Å²) in [6.45, 7) is 3.30. The quantitative estimate of drug-likeness (QED) is 0.835. The highest BCUT2D eigenvalue weighted by Gasteiger charge is 2.32. The number of nitrogens with two attached hydrogens (primary N) is 1. The summed E-state index contributed by atoms with van der Waals surface area (Å²) in [7, 11) is 0. The number of amides is 1. The highest BCUT2D eigenvalue weighted by Crippen LogP contribution is 2.28. The molecule has 92 valence electrons. The van der Waals surface area contributed by atoms with Crippen molar-refractivity contribution in [3.63, 3.8) is 0 Å². The maximum Gasteiger partial charge on any atom is 0.254 e. The zero-order chi connectivity index (χ0) is 12.3. The smallest absolute Gasteiger partial charge is 0.254 e. The third kappa shape index (κ3) is 3.03. The molecule has 4 heteroatoms. The maximum atomic E-state index is 12.3. The van der Waals surface area contributed by atoms with Crippen LogP contribution in [0.15, 0.2) is 18.3 Å². The van der Waals surface area contributed by atoms with Gasteiger partial charge in [-0.05, 0) is 44.9 Å². The summed E-state index contributed by atoms with van der Waals surface area (Å²) >= 11 is 0. The van der Waals surface area contributed by atoms with Crippen LogP contribution >= 0.6 is 0 Å². The van der Waals surface area contributed by atoms with E-state index in [0.29, 0.717) is 12.6 Å². The van der Waals surface area contributed by atoms with E-state index in [9.17, 15) is 4.79 Å². The van der Waals surface area contributed by atoms with E-state index in [4.69, 9.17) is 5.73 Å². The highest BCUT2D eigenvalue weighted by atomic mass is 16.2. The molecule has 1 amide bonds. The van der Waals surface area contributed by atoms with Crippen LogP contribution < -0.4 is 5.73 Å². The van der Waals surface area contributed by atoms with Gasteiger partial charge in [-0.1, -0.05) is 0 Å². The minimum Gasteiger partial charge on any atom is -0.336 e. The standard InChI is InChI=1S/C13H19N3O/c1-10-9-11(5-7-15-10)13(17)16(8-2-6-14)12-3-4-12/h5,7,9,12H,2-4,6,8,14H2,1H3. The van der Waals surface area contributed by atoms with Crippen LogP contribution in [0.5, 0.6) is 0 Å². The molecule has 0 radical (unpaired) electrons. The second-order valence-electron chi connectivity index (χ2n) is 4.56. The van der Waals surface area contributed by atoms with Gasteiger partial charge in [-0.15, -0.1) is 0 Å². The zero-order valence-electron chi connectivity index (χ0n) is 10.2. The number of rotatable bonds is 5. The Morgan fingerprint density at radius 1 is 1.59 bits per heavy atom. The van der Waals surface area contributed by atoms with Gasteiger partial charge in [-0.3, -0.25) is 9.78 Å². The highest BCUT2D eigenvalue weighted by molar-refractivity contribution is 5.94. The summed E-state index contributed by atoms with van der Waals surface area (Å²) in [6.07, 6.45) is 4.81. The number of aryl methyl sites for hydroxylation is 1. The third-order valence-electron chi connectivity index (χ3n) is 3.00. The molecule has 0 unspecified atom stereocenters. The van der Waals surface area contributed by atoms with Crippen LogP contribution in [0.25, 0.3) is 0 Å². The maximum absolute atomic E-state index is 12.3. The van der Waals surface area contributed by atoms with E-state index in [1.807, 2.05) is 17.9 Å². The molecule has 4 nitrogen and oxygen atoms in total. The largest absolute Gasteiger partial charge is 0.336 e. The van der Waals surface area contributed by atoms with E-state index in [1.165, 1.54) is 0 Å². The zero-order valence-corrected chi connectivity index (χ0v) is 10.2. The van der Waals surface area contributed by atoms with Gasteiger partial charge in [0.1, 0.15) is 0 Å². The van der Waals surface area contributed by atoms with Crippen molar-refractivity contribution < 1.29 is 4.79 Å². The van der Waals surface area contributed by atoms with Crippen LogP contribution in [0, 0.1) is 6.92 Å². The van der Waals surface area contributed by atoms with Crippen molar-refractivity contribution in [1.29, 1.82) is 0 Å². The lowest BCUT2D eigenvalue weighted by Crippen LogP contribution is -2.35. The molecule has 1 aromatic rings. The van der Waals surface area contributed by atoms with Gasteiger partial charge < -0.3 is 10.6 Å². The Kier molecular flexibility index (Phi) is 3.74. The Morgan fingerprint density at radius 3 is 2.94 bits per heavy atom. The van der Waals surface area contributed by atoms with Gasteiger partial charge in [-0.2, -0.15) is 0 Å². The SMILES string of the molecule is Cc1cc(C(=O)N(CCCN)C2CC2)ccn1. The van der Waals surface area contributed by atoms with Gasteiger partial charge in [0, 0.05) is 30.0 Å². The summed E-state index contributed by atoms with van der Waals surface area (Å²) in [6, 6.07) is 4.07.